The summed E-state index contributed by atoms with van der Waals surface area (Å²) >= 11 is 0. The van der Waals surface area contributed by atoms with Crippen LogP contribution in [0, 0.1) is 17.7 Å². The molecule has 6 heteroatoms. The molecule has 1 fully saturated rings. The summed E-state index contributed by atoms with van der Waals surface area (Å²) < 4.78 is 157. The Morgan fingerprint density at radius 2 is 2.17 bits per heavy atom. The molecular formula is C24H38N2O4. The van der Waals surface area contributed by atoms with E-state index >= 15 is 0 Å². The third-order valence-corrected chi connectivity index (χ3v) is 4.83. The number of carbonyl (C=O) groups excluding carboxylic acids is 1. The van der Waals surface area contributed by atoms with Gasteiger partial charge >= 0.3 is 5.97 Å². The second-order valence-corrected chi connectivity index (χ2v) is 7.47. The van der Waals surface area contributed by atoms with Crippen molar-refractivity contribution in [3.8, 4) is 11.5 Å². The Kier molecular flexibility index (Phi) is 2.99. The van der Waals surface area contributed by atoms with Crippen LogP contribution in [0.25, 0.3) is 0 Å². The van der Waals surface area contributed by atoms with Gasteiger partial charge in [0.05, 0.1) is 21.0 Å². The molecule has 3 unspecified atom stereocenters. The summed E-state index contributed by atoms with van der Waals surface area (Å²) in [6.45, 7) is -8.11. The van der Waals surface area contributed by atoms with Crippen LogP contribution in [-0.4, -0.2) is 50.2 Å². The zero-order valence-electron chi connectivity index (χ0n) is 34.1. The number of ether oxygens (including phenoxy) is 3. The van der Waals surface area contributed by atoms with Gasteiger partial charge in [0.1, 0.15) is 12.1 Å². The fourth-order valence-electron chi connectivity index (χ4n) is 3.43. The van der Waals surface area contributed by atoms with Crippen LogP contribution in [0.15, 0.2) is 12.1 Å². The molecule has 0 aromatic heterocycles. The molecule has 1 aromatic rings. The molecule has 0 bridgehead atoms. The van der Waals surface area contributed by atoms with E-state index in [-0.39, 0.29) is 29.8 Å². The number of hydrogen-bond acceptors (Lipinski definition) is 6. The Morgan fingerprint density at radius 3 is 2.83 bits per heavy atom. The molecular weight excluding hydrogens is 380 g/mol. The Bertz CT molecular complexity index is 1360. The Balaban J connectivity index is 2.36. The third-order valence-electron chi connectivity index (χ3n) is 4.83. The number of esters is 1. The lowest BCUT2D eigenvalue weighted by molar-refractivity contribution is -0.160. The summed E-state index contributed by atoms with van der Waals surface area (Å²) in [6, 6.07) is -4.64. The molecule has 6 nitrogen and oxygen atoms in total. The molecule has 2 heterocycles. The minimum Gasteiger partial charge on any atom is -0.493 e. The molecule has 1 saturated heterocycles. The zero-order chi connectivity index (χ0) is 36.8. The van der Waals surface area contributed by atoms with Crippen molar-refractivity contribution >= 4 is 5.97 Å². The van der Waals surface area contributed by atoms with E-state index in [9.17, 15) is 10.3 Å². The van der Waals surface area contributed by atoms with Gasteiger partial charge in [-0.1, -0.05) is 27.6 Å². The van der Waals surface area contributed by atoms with E-state index in [1.165, 1.54) is 13.2 Å². The molecule has 0 amide bonds. The Morgan fingerprint density at radius 1 is 1.40 bits per heavy atom. The lowest BCUT2D eigenvalue weighted by Crippen LogP contribution is -2.51. The first-order chi connectivity index (χ1) is 20.8. The number of nitrogens with zero attached hydrogens (tertiary/aromatic N) is 1. The van der Waals surface area contributed by atoms with Crippen molar-refractivity contribution in [1.29, 1.82) is 0 Å². The lowest BCUT2D eigenvalue weighted by atomic mass is 9.79. The summed E-state index contributed by atoms with van der Waals surface area (Å²) in [7, 11) is -1.83. The Labute approximate surface area is 204 Å². The maximum atomic E-state index is 13.6. The number of rotatable bonds is 7. The Hall–Kier alpha value is -1.79. The van der Waals surface area contributed by atoms with Crippen LogP contribution < -0.4 is 15.2 Å². The van der Waals surface area contributed by atoms with Crippen LogP contribution in [0.5, 0.6) is 11.5 Å². The molecule has 1 aromatic carbocycles. The summed E-state index contributed by atoms with van der Waals surface area (Å²) in [5.74, 6) is -10.3. The van der Waals surface area contributed by atoms with Crippen molar-refractivity contribution in [2.75, 3.05) is 27.2 Å². The largest absolute Gasteiger partial charge is 0.493 e. The van der Waals surface area contributed by atoms with Crippen LogP contribution in [0.3, 0.4) is 0 Å². The van der Waals surface area contributed by atoms with E-state index in [2.05, 4.69) is 0 Å². The molecule has 0 radical (unpaired) electrons. The first kappa shape index (κ1) is 9.37. The van der Waals surface area contributed by atoms with Gasteiger partial charge in [0.2, 0.25) is 0 Å². The molecule has 3 rings (SSSR count). The average molecular weight is 436 g/mol. The lowest BCUT2D eigenvalue weighted by Gasteiger charge is -2.47. The van der Waals surface area contributed by atoms with E-state index in [1.807, 2.05) is 0 Å². The van der Waals surface area contributed by atoms with Crippen LogP contribution in [0.1, 0.15) is 80.8 Å². The predicted molar refractivity (Wildman–Crippen MR) is 118 cm³/mol. The van der Waals surface area contributed by atoms with E-state index in [4.69, 9.17) is 37.8 Å². The molecule has 4 atom stereocenters. The molecule has 168 valence electrons. The van der Waals surface area contributed by atoms with Crippen molar-refractivity contribution in [1.82, 2.24) is 4.90 Å². The summed E-state index contributed by atoms with van der Waals surface area (Å²) in [5, 5.41) is 0. The highest BCUT2D eigenvalue weighted by molar-refractivity contribution is 5.76. The SMILES string of the molecule is [2H]C([2H])([2H])Oc1cc2c(cc1OC)CCN1C([2H])([2H])C([2H])(CC(C)C)C(OC(=O)[C@@]([2H])(N)C([2H])(C([2H])([2H])[2H])C([2H])([2H])[2H])C([2H])([2H])C21[2H]. The monoisotopic (exact) mass is 435 g/mol. The number of piperidine rings is 1. The number of benzene rings is 1. The molecule has 0 saturated carbocycles. The number of carbonyl (C=O) groups is 1. The topological polar surface area (TPSA) is 74.0 Å². The fraction of sp³-hybridized carbons (Fsp3) is 0.708. The van der Waals surface area contributed by atoms with Gasteiger partial charge in [-0.05, 0) is 47.9 Å². The van der Waals surface area contributed by atoms with Crippen molar-refractivity contribution in [3.63, 3.8) is 0 Å². The van der Waals surface area contributed by atoms with Crippen molar-refractivity contribution in [2.24, 2.45) is 23.4 Å². The number of hydrogen-bond donors (Lipinski definition) is 1. The molecule has 0 spiro atoms. The molecule has 2 aliphatic rings. The van der Waals surface area contributed by atoms with E-state index in [1.54, 1.807) is 13.8 Å². The number of fused-ring (bicyclic) bond motifs is 3. The number of methoxy groups -OCH3 is 2. The van der Waals surface area contributed by atoms with Gasteiger partial charge in [-0.2, -0.15) is 0 Å². The minimum atomic E-state index is -4.05. The van der Waals surface area contributed by atoms with Crippen molar-refractivity contribution in [3.05, 3.63) is 23.3 Å². The van der Waals surface area contributed by atoms with Crippen LogP contribution >= 0.6 is 0 Å². The van der Waals surface area contributed by atoms with Crippen LogP contribution in [0.2, 0.25) is 0 Å². The van der Waals surface area contributed by atoms with Crippen molar-refractivity contribution in [2.45, 2.75) is 64.9 Å². The van der Waals surface area contributed by atoms with Gasteiger partial charge in [0.15, 0.2) is 11.5 Å². The third kappa shape index (κ3) is 4.75. The van der Waals surface area contributed by atoms with E-state index < -0.39 is 87.6 Å². The van der Waals surface area contributed by atoms with E-state index in [0.29, 0.717) is 0 Å². The van der Waals surface area contributed by atoms with Crippen LogP contribution in [-0.2, 0) is 16.0 Å². The fourth-order valence-corrected chi connectivity index (χ4v) is 3.43. The van der Waals surface area contributed by atoms with Gasteiger partial charge in [0.25, 0.3) is 0 Å². The molecule has 2 aliphatic heterocycles. The summed E-state index contributed by atoms with van der Waals surface area (Å²) in [6.07, 6.45) is -6.60. The van der Waals surface area contributed by atoms with Gasteiger partial charge in [-0.25, -0.2) is 0 Å². The van der Waals surface area contributed by atoms with Crippen molar-refractivity contribution < 1.29 is 42.3 Å². The highest BCUT2D eigenvalue weighted by Gasteiger charge is 2.41. The maximum absolute atomic E-state index is 13.6. The maximum Gasteiger partial charge on any atom is 0.323 e. The smallest absolute Gasteiger partial charge is 0.323 e. The second kappa shape index (κ2) is 9.56. The molecule has 30 heavy (non-hydrogen) atoms. The second-order valence-electron chi connectivity index (χ2n) is 7.47. The quantitative estimate of drug-likeness (QED) is 0.660. The zero-order valence-corrected chi connectivity index (χ0v) is 17.1. The predicted octanol–water partition coefficient (Wildman–Crippen LogP) is 3.56. The highest BCUT2D eigenvalue weighted by atomic mass is 16.5. The minimum absolute atomic E-state index is 0.0324. The average Bonchev–Trinajstić information content (AvgIpc) is 2.87. The molecule has 2 N–H and O–H groups in total. The number of nitrogens with two attached hydrogens (primary N) is 1. The first-order valence-corrected chi connectivity index (χ1v) is 9.47. The van der Waals surface area contributed by atoms with Gasteiger partial charge in [-0.15, -0.1) is 0 Å². The van der Waals surface area contributed by atoms with Gasteiger partial charge in [-0.3, -0.25) is 9.69 Å². The van der Waals surface area contributed by atoms with E-state index in [0.717, 1.165) is 11.0 Å². The highest BCUT2D eigenvalue weighted by Crippen LogP contribution is 2.44. The van der Waals surface area contributed by atoms with Gasteiger partial charge < -0.3 is 19.9 Å². The standard InChI is InChI=1S/C24H38N2O4/c1-14(2)9-17-13-26-8-7-16-10-21(28-5)22(29-6)11-18(16)19(26)12-20(17)30-24(27)23(25)15(3)4/h10-11,14-15,17,19-20,23H,7-9,12-13,25H2,1-6H3/t17?,19?,20?,23-/m0/s1/i3D3,4D3,6D3,12D2,13D2,15D,17D,19D,23D. The van der Waals surface area contributed by atoms with Crippen LogP contribution in [0.4, 0.5) is 0 Å². The molecule has 0 aliphatic carbocycles. The first-order valence-electron chi connectivity index (χ1n) is 18.0. The van der Waals surface area contributed by atoms with Gasteiger partial charge in [0, 0.05) is 47.8 Å². The normalized spacial score (nSPS) is 44.2. The summed E-state index contributed by atoms with van der Waals surface area (Å²) in [4.78, 5) is 14.4. The summed E-state index contributed by atoms with van der Waals surface area (Å²) in [5.41, 5.74) is 5.55.